The predicted octanol–water partition coefficient (Wildman–Crippen LogP) is -2.27. The van der Waals surface area contributed by atoms with E-state index in [1.54, 1.807) is 0 Å². The minimum absolute atomic E-state index is 0.431. The zero-order valence-corrected chi connectivity index (χ0v) is 6.12. The summed E-state index contributed by atoms with van der Waals surface area (Å²) in [5.41, 5.74) is -1.15. The summed E-state index contributed by atoms with van der Waals surface area (Å²) in [5, 5.41) is 14.3. The molecular formula is C5H6B4O2. The van der Waals surface area contributed by atoms with E-state index in [1.807, 2.05) is 0 Å². The van der Waals surface area contributed by atoms with Gasteiger partial charge in [-0.25, -0.2) is 0 Å². The van der Waals surface area contributed by atoms with E-state index >= 15 is 0 Å². The van der Waals surface area contributed by atoms with Gasteiger partial charge in [0.25, 0.3) is 0 Å². The molecule has 8 radical (unpaired) electrons. The molecule has 0 aliphatic heterocycles. The quantitative estimate of drug-likeness (QED) is 0.426. The second kappa shape index (κ2) is 2.11. The summed E-state index contributed by atoms with van der Waals surface area (Å²) in [6, 6.07) is 0. The lowest BCUT2D eigenvalue weighted by molar-refractivity contribution is 0.0304. The van der Waals surface area contributed by atoms with Crippen LogP contribution in [0.1, 0.15) is 12.8 Å². The Hall–Kier alpha value is 0.180. The van der Waals surface area contributed by atoms with Gasteiger partial charge in [-0.1, -0.05) is 0 Å². The van der Waals surface area contributed by atoms with Crippen molar-refractivity contribution in [1.29, 1.82) is 0 Å². The molecule has 2 N–H and O–H groups in total. The van der Waals surface area contributed by atoms with Gasteiger partial charge in [-0.15, -0.1) is 0 Å². The van der Waals surface area contributed by atoms with Crippen molar-refractivity contribution in [2.24, 2.45) is 5.41 Å². The number of hydrogen-bond acceptors (Lipinski definition) is 2. The third-order valence-corrected chi connectivity index (χ3v) is 2.28. The molecule has 0 aromatic heterocycles. The van der Waals surface area contributed by atoms with Crippen molar-refractivity contribution in [3.05, 3.63) is 0 Å². The minimum atomic E-state index is -2.01. The lowest BCUT2D eigenvalue weighted by atomic mass is 9.43. The summed E-state index contributed by atoms with van der Waals surface area (Å²) in [5.74, 6) is 0. The van der Waals surface area contributed by atoms with Crippen LogP contribution in [0.4, 0.5) is 0 Å². The van der Waals surface area contributed by atoms with Crippen LogP contribution < -0.4 is 0 Å². The van der Waals surface area contributed by atoms with Gasteiger partial charge in [0, 0.05) is 0 Å². The van der Waals surface area contributed by atoms with Gasteiger partial charge in [0.15, 0.2) is 0 Å². The Morgan fingerprint density at radius 3 is 1.18 bits per heavy atom. The number of hydrogen-bond donors (Lipinski definition) is 2. The van der Waals surface area contributed by atoms with Crippen LogP contribution in [0.5, 0.6) is 0 Å². The van der Waals surface area contributed by atoms with Gasteiger partial charge in [-0.2, -0.15) is 0 Å². The molecule has 1 aliphatic carbocycles. The second-order valence-electron chi connectivity index (χ2n) is 3.23. The molecule has 1 saturated carbocycles. The van der Waals surface area contributed by atoms with Crippen LogP contribution in [0, 0.1) is 5.41 Å². The highest BCUT2D eigenvalue weighted by Gasteiger charge is 2.59. The summed E-state index contributed by atoms with van der Waals surface area (Å²) in [6.07, 6.45) is 0.861. The molecule has 0 unspecified atom stereocenters. The zero-order chi connectivity index (χ0) is 8.91. The summed E-state index contributed by atoms with van der Waals surface area (Å²) in [4.78, 5) is 0. The van der Waals surface area contributed by atoms with Gasteiger partial charge < -0.3 is 10.2 Å². The summed E-state index contributed by atoms with van der Waals surface area (Å²) in [7, 11) is 20.7. The Bertz CT molecular complexity index is 148. The third-order valence-electron chi connectivity index (χ3n) is 2.28. The van der Waals surface area contributed by atoms with Crippen molar-refractivity contribution in [1.82, 2.24) is 0 Å². The maximum atomic E-state index is 9.18. The molecule has 1 rings (SSSR count). The SMILES string of the molecule is [B]C([B])(O)C1(C([B])([B])O)CC1. The Balaban J connectivity index is 2.85. The standard InChI is InChI=1S/C5H6B4O2/c6-4(7,10)3(1-2-3)5(8,9)11/h10-11H,1-2H2. The minimum Gasteiger partial charge on any atom is -0.409 e. The molecule has 0 heterocycles. The van der Waals surface area contributed by atoms with E-state index in [1.165, 1.54) is 0 Å². The molecule has 6 heteroatoms. The maximum Gasteiger partial charge on any atom is 0.0997 e. The average Bonchev–Trinajstić information content (AvgIpc) is 2.31. The lowest BCUT2D eigenvalue weighted by Gasteiger charge is -2.41. The van der Waals surface area contributed by atoms with Gasteiger partial charge in [0.2, 0.25) is 0 Å². The summed E-state index contributed by atoms with van der Waals surface area (Å²) >= 11 is 0. The molecule has 0 bridgehead atoms. The third kappa shape index (κ3) is 1.27. The highest BCUT2D eigenvalue weighted by molar-refractivity contribution is 6.44. The molecule has 0 spiro atoms. The van der Waals surface area contributed by atoms with Crippen molar-refractivity contribution in [2.45, 2.75) is 23.6 Å². The molecule has 50 valence electrons. The number of rotatable bonds is 2. The van der Waals surface area contributed by atoms with E-state index in [-0.39, 0.29) is 0 Å². The number of aliphatic hydroxyl groups is 2. The zero-order valence-electron chi connectivity index (χ0n) is 6.12. The van der Waals surface area contributed by atoms with Gasteiger partial charge >= 0.3 is 0 Å². The van der Waals surface area contributed by atoms with Gasteiger partial charge in [0.1, 0.15) is 0 Å². The summed E-state index contributed by atoms with van der Waals surface area (Å²) < 4.78 is 0. The van der Waals surface area contributed by atoms with E-state index in [0.29, 0.717) is 12.8 Å². The van der Waals surface area contributed by atoms with E-state index in [2.05, 4.69) is 0 Å². The molecule has 11 heavy (non-hydrogen) atoms. The van der Waals surface area contributed by atoms with Crippen molar-refractivity contribution < 1.29 is 10.2 Å². The average molecular weight is 141 g/mol. The molecule has 2 nitrogen and oxygen atoms in total. The van der Waals surface area contributed by atoms with Crippen molar-refractivity contribution >= 4 is 31.4 Å². The lowest BCUT2D eigenvalue weighted by Crippen LogP contribution is -2.56. The van der Waals surface area contributed by atoms with Crippen molar-refractivity contribution in [3.63, 3.8) is 0 Å². The highest BCUT2D eigenvalue weighted by Crippen LogP contribution is 2.57. The van der Waals surface area contributed by atoms with E-state index < -0.39 is 16.2 Å². The smallest absolute Gasteiger partial charge is 0.0997 e. The first-order chi connectivity index (χ1) is 4.71. The second-order valence-corrected chi connectivity index (χ2v) is 3.23. The van der Waals surface area contributed by atoms with Gasteiger partial charge in [-0.3, -0.25) is 0 Å². The van der Waals surface area contributed by atoms with Crippen LogP contribution in [0.3, 0.4) is 0 Å². The first kappa shape index (κ1) is 9.27. The molecule has 0 saturated heterocycles. The van der Waals surface area contributed by atoms with Crippen molar-refractivity contribution in [3.8, 4) is 0 Å². The Labute approximate surface area is 71.4 Å². The summed E-state index contributed by atoms with van der Waals surface area (Å²) in [6.45, 7) is 0. The first-order valence-electron chi connectivity index (χ1n) is 3.31. The molecule has 1 aliphatic rings. The van der Waals surface area contributed by atoms with E-state index in [4.69, 9.17) is 31.4 Å². The Kier molecular flexibility index (Phi) is 1.78. The van der Waals surface area contributed by atoms with E-state index in [0.717, 1.165) is 0 Å². The predicted molar refractivity (Wildman–Crippen MR) is 44.6 cm³/mol. The van der Waals surface area contributed by atoms with Crippen LogP contribution >= 0.6 is 0 Å². The molecule has 1 fully saturated rings. The van der Waals surface area contributed by atoms with Gasteiger partial charge in [-0.05, 0) is 29.1 Å². The Morgan fingerprint density at radius 2 is 1.18 bits per heavy atom. The van der Waals surface area contributed by atoms with Crippen LogP contribution in [0.2, 0.25) is 0 Å². The largest absolute Gasteiger partial charge is 0.409 e. The maximum absolute atomic E-state index is 9.18. The molecule has 0 aromatic rings. The molecule has 0 atom stereocenters. The van der Waals surface area contributed by atoms with Crippen LogP contribution in [-0.4, -0.2) is 52.4 Å². The molecule has 0 aromatic carbocycles. The fraction of sp³-hybridized carbons (Fsp3) is 1.00. The fourth-order valence-corrected chi connectivity index (χ4v) is 1.25. The normalized spacial score (nSPS) is 23.1. The fourth-order valence-electron chi connectivity index (χ4n) is 1.25. The highest BCUT2D eigenvalue weighted by atomic mass is 16.3. The Morgan fingerprint density at radius 1 is 0.909 bits per heavy atom. The van der Waals surface area contributed by atoms with Gasteiger partial charge in [0.05, 0.1) is 31.4 Å². The van der Waals surface area contributed by atoms with Crippen LogP contribution in [0.25, 0.3) is 0 Å². The van der Waals surface area contributed by atoms with Crippen molar-refractivity contribution in [2.75, 3.05) is 0 Å². The molecular weight excluding hydrogens is 135 g/mol. The monoisotopic (exact) mass is 142 g/mol. The first-order valence-corrected chi connectivity index (χ1v) is 3.31. The molecule has 0 amide bonds. The van der Waals surface area contributed by atoms with E-state index in [9.17, 15) is 10.2 Å². The van der Waals surface area contributed by atoms with Crippen LogP contribution in [-0.2, 0) is 0 Å². The topological polar surface area (TPSA) is 40.5 Å². The van der Waals surface area contributed by atoms with Crippen LogP contribution in [0.15, 0.2) is 0 Å².